The van der Waals surface area contributed by atoms with E-state index in [4.69, 9.17) is 23.8 Å². The summed E-state index contributed by atoms with van der Waals surface area (Å²) in [4.78, 5) is 4.07. The minimum Gasteiger partial charge on any atom is -0.296 e. The van der Waals surface area contributed by atoms with Gasteiger partial charge in [0.1, 0.15) is 5.82 Å². The minimum atomic E-state index is -0.441. The molecule has 106 valence electrons. The largest absolute Gasteiger partial charge is 0.296 e. The maximum Gasteiger partial charge on any atom is 0.195 e. The topological polar surface area (TPSA) is 46.5 Å². The molecule has 0 saturated heterocycles. The average Bonchev–Trinajstić information content (AvgIpc) is 2.85. The van der Waals surface area contributed by atoms with E-state index in [1.54, 1.807) is 24.5 Å². The van der Waals surface area contributed by atoms with Crippen molar-refractivity contribution in [2.45, 2.75) is 6.54 Å². The third-order valence-corrected chi connectivity index (χ3v) is 3.60. The van der Waals surface area contributed by atoms with Gasteiger partial charge >= 0.3 is 0 Å². The first-order chi connectivity index (χ1) is 10.1. The Morgan fingerprint density at radius 3 is 2.90 bits per heavy atom. The quantitative estimate of drug-likeness (QED) is 0.746. The normalized spacial score (nSPS) is 10.8. The number of nitrogens with zero attached hydrogens (tertiary/aromatic N) is 3. The fourth-order valence-electron chi connectivity index (χ4n) is 2.00. The Labute approximate surface area is 130 Å². The lowest BCUT2D eigenvalue weighted by Gasteiger charge is -2.07. The predicted octanol–water partition coefficient (Wildman–Crippen LogP) is 3.84. The fourth-order valence-corrected chi connectivity index (χ4v) is 2.40. The summed E-state index contributed by atoms with van der Waals surface area (Å²) in [6, 6.07) is 8.31. The average molecular weight is 321 g/mol. The molecule has 0 fully saturated rings. The van der Waals surface area contributed by atoms with Crippen LogP contribution in [0.1, 0.15) is 5.56 Å². The van der Waals surface area contributed by atoms with Crippen LogP contribution in [0.5, 0.6) is 0 Å². The second-order valence-electron chi connectivity index (χ2n) is 4.43. The number of aromatic nitrogens is 4. The maximum absolute atomic E-state index is 13.2. The third kappa shape index (κ3) is 2.86. The number of aromatic amines is 1. The van der Waals surface area contributed by atoms with Crippen molar-refractivity contribution in [3.05, 3.63) is 63.9 Å². The lowest BCUT2D eigenvalue weighted by atomic mass is 10.2. The van der Waals surface area contributed by atoms with Crippen LogP contribution >= 0.6 is 23.8 Å². The molecule has 0 amide bonds. The molecule has 2 aromatic heterocycles. The van der Waals surface area contributed by atoms with E-state index in [0.29, 0.717) is 17.1 Å². The summed E-state index contributed by atoms with van der Waals surface area (Å²) in [7, 11) is 0. The van der Waals surface area contributed by atoms with E-state index in [1.165, 1.54) is 6.07 Å². The Morgan fingerprint density at radius 1 is 1.33 bits per heavy atom. The predicted molar refractivity (Wildman–Crippen MR) is 81.2 cm³/mol. The van der Waals surface area contributed by atoms with Gasteiger partial charge in [0.2, 0.25) is 0 Å². The molecule has 0 radical (unpaired) electrons. The van der Waals surface area contributed by atoms with Crippen LogP contribution in [0.15, 0.2) is 42.7 Å². The van der Waals surface area contributed by atoms with Crippen LogP contribution in [0, 0.1) is 10.6 Å². The standard InChI is InChI=1S/C14H10ClFN4S/c15-11-6-9(3-4-12(11)16)8-20-13(18-19-14(20)21)10-2-1-5-17-7-10/h1-7H,8H2,(H,19,21). The van der Waals surface area contributed by atoms with Crippen LogP contribution in [0.3, 0.4) is 0 Å². The zero-order chi connectivity index (χ0) is 14.8. The summed E-state index contributed by atoms with van der Waals surface area (Å²) >= 11 is 11.1. The van der Waals surface area contributed by atoms with Gasteiger partial charge in [0.15, 0.2) is 10.6 Å². The maximum atomic E-state index is 13.2. The van der Waals surface area contributed by atoms with Gasteiger partial charge in [0.25, 0.3) is 0 Å². The van der Waals surface area contributed by atoms with Gasteiger partial charge < -0.3 is 0 Å². The van der Waals surface area contributed by atoms with Crippen LogP contribution in [0.25, 0.3) is 11.4 Å². The molecule has 0 aliphatic heterocycles. The van der Waals surface area contributed by atoms with Crippen molar-refractivity contribution in [2.75, 3.05) is 0 Å². The van der Waals surface area contributed by atoms with E-state index >= 15 is 0 Å². The first-order valence-electron chi connectivity index (χ1n) is 6.14. The molecule has 1 aromatic carbocycles. The molecular weight excluding hydrogens is 311 g/mol. The van der Waals surface area contributed by atoms with Gasteiger partial charge in [-0.25, -0.2) is 4.39 Å². The highest BCUT2D eigenvalue weighted by atomic mass is 35.5. The van der Waals surface area contributed by atoms with Crippen molar-refractivity contribution in [3.63, 3.8) is 0 Å². The highest BCUT2D eigenvalue weighted by Gasteiger charge is 2.10. The summed E-state index contributed by atoms with van der Waals surface area (Å²) < 4.78 is 15.5. The highest BCUT2D eigenvalue weighted by Crippen LogP contribution is 2.20. The summed E-state index contributed by atoms with van der Waals surface area (Å²) in [5.41, 5.74) is 1.68. The molecule has 21 heavy (non-hydrogen) atoms. The Balaban J connectivity index is 2.01. The van der Waals surface area contributed by atoms with E-state index < -0.39 is 5.82 Å². The second kappa shape index (κ2) is 5.75. The molecular formula is C14H10ClFN4S. The molecule has 3 aromatic rings. The molecule has 0 aliphatic carbocycles. The lowest BCUT2D eigenvalue weighted by Crippen LogP contribution is -2.03. The first-order valence-corrected chi connectivity index (χ1v) is 6.93. The molecule has 3 rings (SSSR count). The monoisotopic (exact) mass is 320 g/mol. The number of H-pyrrole nitrogens is 1. The Hall–Kier alpha value is -2.05. The fraction of sp³-hybridized carbons (Fsp3) is 0.0714. The Morgan fingerprint density at radius 2 is 2.19 bits per heavy atom. The van der Waals surface area contributed by atoms with Crippen LogP contribution < -0.4 is 0 Å². The number of hydrogen-bond donors (Lipinski definition) is 1. The van der Waals surface area contributed by atoms with Crippen LogP contribution in [-0.2, 0) is 6.54 Å². The second-order valence-corrected chi connectivity index (χ2v) is 5.22. The number of halogens is 2. The Bertz CT molecular complexity index is 828. The van der Waals surface area contributed by atoms with Crippen LogP contribution in [0.2, 0.25) is 5.02 Å². The van der Waals surface area contributed by atoms with E-state index in [0.717, 1.165) is 11.1 Å². The van der Waals surface area contributed by atoms with E-state index in [1.807, 2.05) is 16.7 Å². The Kier molecular flexibility index (Phi) is 3.81. The molecule has 0 unspecified atom stereocenters. The molecule has 0 spiro atoms. The van der Waals surface area contributed by atoms with Gasteiger partial charge in [-0.05, 0) is 42.0 Å². The molecule has 0 aliphatic rings. The van der Waals surface area contributed by atoms with Crippen molar-refractivity contribution >= 4 is 23.8 Å². The van der Waals surface area contributed by atoms with Crippen molar-refractivity contribution in [2.24, 2.45) is 0 Å². The van der Waals surface area contributed by atoms with Gasteiger partial charge in [0, 0.05) is 18.0 Å². The van der Waals surface area contributed by atoms with Gasteiger partial charge in [-0.1, -0.05) is 17.7 Å². The third-order valence-electron chi connectivity index (χ3n) is 3.00. The van der Waals surface area contributed by atoms with E-state index in [-0.39, 0.29) is 5.02 Å². The zero-order valence-electron chi connectivity index (χ0n) is 10.8. The van der Waals surface area contributed by atoms with Crippen molar-refractivity contribution in [1.29, 1.82) is 0 Å². The van der Waals surface area contributed by atoms with Gasteiger partial charge in [-0.15, -0.1) is 0 Å². The lowest BCUT2D eigenvalue weighted by molar-refractivity contribution is 0.626. The molecule has 0 atom stereocenters. The molecule has 7 heteroatoms. The molecule has 1 N–H and O–H groups in total. The van der Waals surface area contributed by atoms with Crippen molar-refractivity contribution < 1.29 is 4.39 Å². The number of pyridine rings is 1. The minimum absolute atomic E-state index is 0.0884. The van der Waals surface area contributed by atoms with Gasteiger partial charge in [-0.2, -0.15) is 5.10 Å². The molecule has 4 nitrogen and oxygen atoms in total. The summed E-state index contributed by atoms with van der Waals surface area (Å²) in [5, 5.41) is 7.07. The highest BCUT2D eigenvalue weighted by molar-refractivity contribution is 7.71. The zero-order valence-corrected chi connectivity index (χ0v) is 12.3. The van der Waals surface area contributed by atoms with Crippen molar-refractivity contribution in [1.82, 2.24) is 19.7 Å². The van der Waals surface area contributed by atoms with Gasteiger partial charge in [-0.3, -0.25) is 14.6 Å². The number of nitrogens with one attached hydrogen (secondary N) is 1. The smallest absolute Gasteiger partial charge is 0.195 e. The van der Waals surface area contributed by atoms with E-state index in [9.17, 15) is 4.39 Å². The molecule has 0 saturated carbocycles. The summed E-state index contributed by atoms with van der Waals surface area (Å²) in [6.45, 7) is 0.444. The molecule has 2 heterocycles. The van der Waals surface area contributed by atoms with E-state index in [2.05, 4.69) is 15.2 Å². The number of hydrogen-bond acceptors (Lipinski definition) is 3. The summed E-state index contributed by atoms with van der Waals surface area (Å²) in [5.74, 6) is 0.234. The number of rotatable bonds is 3. The SMILES string of the molecule is Fc1ccc(Cn2c(-c3cccnc3)n[nH]c2=S)cc1Cl. The first kappa shape index (κ1) is 13.9. The summed E-state index contributed by atoms with van der Waals surface area (Å²) in [6.07, 6.45) is 3.40. The van der Waals surface area contributed by atoms with Gasteiger partial charge in [0.05, 0.1) is 11.6 Å². The van der Waals surface area contributed by atoms with Crippen molar-refractivity contribution in [3.8, 4) is 11.4 Å². The van der Waals surface area contributed by atoms with Crippen LogP contribution in [0.4, 0.5) is 4.39 Å². The number of benzene rings is 1. The van der Waals surface area contributed by atoms with Crippen LogP contribution in [-0.4, -0.2) is 19.7 Å². The molecule has 0 bridgehead atoms.